The Kier molecular flexibility index (Phi) is 4.96. The van der Waals surface area contributed by atoms with Crippen molar-refractivity contribution in [2.24, 2.45) is 0 Å². The molecule has 1 aliphatic heterocycles. The van der Waals surface area contributed by atoms with Gasteiger partial charge in [-0.3, -0.25) is 4.90 Å². The molecule has 118 valence electrons. The third-order valence-electron chi connectivity index (χ3n) is 3.78. The maximum Gasteiger partial charge on any atom is 0.203 e. The summed E-state index contributed by atoms with van der Waals surface area (Å²) in [7, 11) is 4.92. The van der Waals surface area contributed by atoms with Gasteiger partial charge in [0.15, 0.2) is 11.5 Å². The molecule has 1 fully saturated rings. The van der Waals surface area contributed by atoms with Crippen LogP contribution < -0.4 is 19.5 Å². The fourth-order valence-corrected chi connectivity index (χ4v) is 2.87. The minimum absolute atomic E-state index is 0.152. The highest BCUT2D eigenvalue weighted by Gasteiger charge is 2.26. The lowest BCUT2D eigenvalue weighted by molar-refractivity contribution is 0.148. The first-order valence-corrected chi connectivity index (χ1v) is 7.25. The van der Waals surface area contributed by atoms with Gasteiger partial charge in [0, 0.05) is 31.7 Å². The van der Waals surface area contributed by atoms with Gasteiger partial charge in [0.05, 0.1) is 21.3 Å². The van der Waals surface area contributed by atoms with Crippen molar-refractivity contribution >= 4 is 0 Å². The van der Waals surface area contributed by atoms with Crippen LogP contribution in [0.15, 0.2) is 12.1 Å². The average molecular weight is 294 g/mol. The van der Waals surface area contributed by atoms with Crippen LogP contribution in [0, 0.1) is 0 Å². The van der Waals surface area contributed by atoms with Gasteiger partial charge < -0.3 is 19.5 Å². The first-order chi connectivity index (χ1) is 9.99. The highest BCUT2D eigenvalue weighted by Crippen LogP contribution is 2.38. The summed E-state index contributed by atoms with van der Waals surface area (Å²) in [6, 6.07) is 4.05. The lowest BCUT2D eigenvalue weighted by Gasteiger charge is -2.39. The molecular formula is C16H26N2O3. The normalized spacial score (nSPS) is 18.3. The minimum Gasteiger partial charge on any atom is -0.493 e. The van der Waals surface area contributed by atoms with Crippen LogP contribution in [0.5, 0.6) is 17.2 Å². The number of nitrogens with zero attached hydrogens (tertiary/aromatic N) is 1. The molecule has 0 saturated carbocycles. The zero-order chi connectivity index (χ0) is 15.5. The van der Waals surface area contributed by atoms with Crippen LogP contribution in [0.3, 0.4) is 0 Å². The van der Waals surface area contributed by atoms with Crippen molar-refractivity contribution in [3.63, 3.8) is 0 Å². The van der Waals surface area contributed by atoms with E-state index in [1.165, 1.54) is 5.56 Å². The molecule has 1 N–H and O–H groups in total. The fourth-order valence-electron chi connectivity index (χ4n) is 2.87. The van der Waals surface area contributed by atoms with Gasteiger partial charge in [-0.2, -0.15) is 0 Å². The van der Waals surface area contributed by atoms with Crippen molar-refractivity contribution in [1.29, 1.82) is 0 Å². The molecule has 0 atom stereocenters. The maximum atomic E-state index is 5.41. The predicted molar refractivity (Wildman–Crippen MR) is 83.5 cm³/mol. The molecule has 1 aromatic carbocycles. The zero-order valence-corrected chi connectivity index (χ0v) is 13.7. The second-order valence-corrected chi connectivity index (χ2v) is 6.05. The van der Waals surface area contributed by atoms with Crippen molar-refractivity contribution in [1.82, 2.24) is 10.2 Å². The van der Waals surface area contributed by atoms with Crippen molar-refractivity contribution in [3.8, 4) is 17.2 Å². The topological polar surface area (TPSA) is 43.0 Å². The van der Waals surface area contributed by atoms with Gasteiger partial charge >= 0.3 is 0 Å². The van der Waals surface area contributed by atoms with Gasteiger partial charge in [0.25, 0.3) is 0 Å². The summed E-state index contributed by atoms with van der Waals surface area (Å²) in [5.74, 6) is 2.06. The van der Waals surface area contributed by atoms with E-state index < -0.39 is 0 Å². The summed E-state index contributed by atoms with van der Waals surface area (Å²) in [6.07, 6.45) is 0. The third kappa shape index (κ3) is 3.80. The lowest BCUT2D eigenvalue weighted by atomic mass is 10.0. The predicted octanol–water partition coefficient (Wildman–Crippen LogP) is 1.90. The molecule has 0 radical (unpaired) electrons. The van der Waals surface area contributed by atoms with E-state index in [2.05, 4.69) is 24.1 Å². The van der Waals surface area contributed by atoms with Crippen LogP contribution in [0.4, 0.5) is 0 Å². The van der Waals surface area contributed by atoms with Gasteiger partial charge in [0.1, 0.15) is 0 Å². The average Bonchev–Trinajstić information content (AvgIpc) is 2.45. The van der Waals surface area contributed by atoms with Crippen molar-refractivity contribution in [2.75, 3.05) is 41.0 Å². The molecule has 0 bridgehead atoms. The van der Waals surface area contributed by atoms with Crippen LogP contribution in [0.2, 0.25) is 0 Å². The van der Waals surface area contributed by atoms with E-state index in [1.807, 2.05) is 12.1 Å². The number of rotatable bonds is 5. The number of ether oxygens (including phenoxy) is 3. The van der Waals surface area contributed by atoms with Gasteiger partial charge in [-0.15, -0.1) is 0 Å². The molecule has 0 unspecified atom stereocenters. The van der Waals surface area contributed by atoms with E-state index in [1.54, 1.807) is 21.3 Å². The Morgan fingerprint density at radius 2 is 1.71 bits per heavy atom. The van der Waals surface area contributed by atoms with Gasteiger partial charge in [-0.05, 0) is 31.5 Å². The Balaban J connectivity index is 2.20. The summed E-state index contributed by atoms with van der Waals surface area (Å²) >= 11 is 0. The summed E-state index contributed by atoms with van der Waals surface area (Å²) in [5, 5.41) is 3.53. The molecule has 21 heavy (non-hydrogen) atoms. The molecule has 0 aromatic heterocycles. The van der Waals surface area contributed by atoms with E-state index in [0.29, 0.717) is 17.2 Å². The largest absolute Gasteiger partial charge is 0.493 e. The van der Waals surface area contributed by atoms with E-state index in [4.69, 9.17) is 14.2 Å². The summed E-state index contributed by atoms with van der Waals surface area (Å²) < 4.78 is 16.2. The van der Waals surface area contributed by atoms with Crippen molar-refractivity contribution in [2.45, 2.75) is 25.9 Å². The first kappa shape index (κ1) is 15.9. The number of benzene rings is 1. The minimum atomic E-state index is 0.152. The number of piperazine rings is 1. The standard InChI is InChI=1S/C16H26N2O3/c1-16(2)11-18(7-6-17-16)10-12-8-13(19-3)15(21-5)14(9-12)20-4/h8-9,17H,6-7,10-11H2,1-5H3. The zero-order valence-electron chi connectivity index (χ0n) is 13.7. The summed E-state index contributed by atoms with van der Waals surface area (Å²) in [4.78, 5) is 2.44. The molecule has 0 amide bonds. The van der Waals surface area contributed by atoms with Crippen LogP contribution in [0.25, 0.3) is 0 Å². The molecule has 1 aromatic rings. The molecule has 5 heteroatoms. The number of hydrogen-bond donors (Lipinski definition) is 1. The first-order valence-electron chi connectivity index (χ1n) is 7.25. The molecule has 1 saturated heterocycles. The molecule has 0 spiro atoms. The summed E-state index contributed by atoms with van der Waals surface area (Å²) in [5.41, 5.74) is 1.32. The van der Waals surface area contributed by atoms with Crippen molar-refractivity contribution in [3.05, 3.63) is 17.7 Å². The lowest BCUT2D eigenvalue weighted by Crippen LogP contribution is -2.56. The van der Waals surface area contributed by atoms with E-state index in [-0.39, 0.29) is 5.54 Å². The van der Waals surface area contributed by atoms with Crippen LogP contribution >= 0.6 is 0 Å². The molecule has 5 nitrogen and oxygen atoms in total. The fraction of sp³-hybridized carbons (Fsp3) is 0.625. The smallest absolute Gasteiger partial charge is 0.203 e. The quantitative estimate of drug-likeness (QED) is 0.898. The van der Waals surface area contributed by atoms with Gasteiger partial charge in [-0.25, -0.2) is 0 Å². The van der Waals surface area contributed by atoms with E-state index in [9.17, 15) is 0 Å². The Morgan fingerprint density at radius 1 is 1.10 bits per heavy atom. The SMILES string of the molecule is COc1cc(CN2CCNC(C)(C)C2)cc(OC)c1OC. The Morgan fingerprint density at radius 3 is 2.19 bits per heavy atom. The highest BCUT2D eigenvalue weighted by molar-refractivity contribution is 5.53. The number of nitrogens with one attached hydrogen (secondary N) is 1. The highest BCUT2D eigenvalue weighted by atomic mass is 16.5. The van der Waals surface area contributed by atoms with E-state index >= 15 is 0 Å². The second kappa shape index (κ2) is 6.54. The number of methoxy groups -OCH3 is 3. The molecule has 0 aliphatic carbocycles. The number of hydrogen-bond acceptors (Lipinski definition) is 5. The van der Waals surface area contributed by atoms with E-state index in [0.717, 1.165) is 26.2 Å². The van der Waals surface area contributed by atoms with Crippen molar-refractivity contribution < 1.29 is 14.2 Å². The molecule has 1 aliphatic rings. The molecule has 2 rings (SSSR count). The van der Waals surface area contributed by atoms with Crippen LogP contribution in [0.1, 0.15) is 19.4 Å². The molecule has 1 heterocycles. The van der Waals surface area contributed by atoms with Gasteiger partial charge in [-0.1, -0.05) is 0 Å². The second-order valence-electron chi connectivity index (χ2n) is 6.05. The molecular weight excluding hydrogens is 268 g/mol. The Hall–Kier alpha value is -1.46. The Bertz CT molecular complexity index is 463. The third-order valence-corrected chi connectivity index (χ3v) is 3.78. The van der Waals surface area contributed by atoms with Gasteiger partial charge in [0.2, 0.25) is 5.75 Å². The van der Waals surface area contributed by atoms with Crippen LogP contribution in [-0.2, 0) is 6.54 Å². The Labute approximate surface area is 127 Å². The maximum absolute atomic E-state index is 5.41. The van der Waals surface area contributed by atoms with Crippen LogP contribution in [-0.4, -0.2) is 51.4 Å². The summed E-state index contributed by atoms with van der Waals surface area (Å²) in [6.45, 7) is 8.41. The monoisotopic (exact) mass is 294 g/mol.